The average Bonchev–Trinajstić information content (AvgIpc) is 3.18. The van der Waals surface area contributed by atoms with E-state index in [1.54, 1.807) is 0 Å². The second-order valence-corrected chi connectivity index (χ2v) is 5.25. The lowest BCUT2D eigenvalue weighted by Gasteiger charge is -1.99. The topological polar surface area (TPSA) is 43.3 Å². The molecule has 0 radical (unpaired) electrons. The highest BCUT2D eigenvalue weighted by molar-refractivity contribution is 5.83. The fourth-order valence-corrected chi connectivity index (χ4v) is 2.79. The lowest BCUT2D eigenvalue weighted by atomic mass is 10.2. The highest BCUT2D eigenvalue weighted by Gasteiger charge is 2.12. The predicted octanol–water partition coefficient (Wildman–Crippen LogP) is 4.30. The Morgan fingerprint density at radius 1 is 0.864 bits per heavy atom. The molecule has 5 rings (SSSR count). The summed E-state index contributed by atoms with van der Waals surface area (Å²) in [7, 11) is 0. The van der Waals surface area contributed by atoms with Gasteiger partial charge in [0, 0.05) is 5.39 Å². The number of aromatic nitrogens is 3. The molecule has 0 N–H and O–H groups in total. The summed E-state index contributed by atoms with van der Waals surface area (Å²) in [5.74, 6) is 0.550. The van der Waals surface area contributed by atoms with Crippen LogP contribution in [0.5, 0.6) is 0 Å². The number of hydrogen-bond donors (Lipinski definition) is 0. The van der Waals surface area contributed by atoms with E-state index in [2.05, 4.69) is 34.3 Å². The minimum Gasteiger partial charge on any atom is -0.435 e. The molecule has 0 unspecified atom stereocenters. The summed E-state index contributed by atoms with van der Waals surface area (Å²) in [5, 5.41) is 5.82. The third-order valence-corrected chi connectivity index (χ3v) is 3.85. The molecule has 104 valence electrons. The molecule has 0 fully saturated rings. The van der Waals surface area contributed by atoms with Crippen molar-refractivity contribution >= 4 is 27.5 Å². The molecule has 5 aromatic rings. The van der Waals surface area contributed by atoms with Gasteiger partial charge in [0.25, 0.3) is 0 Å². The highest BCUT2D eigenvalue weighted by Crippen LogP contribution is 2.25. The number of oxazole rings is 1. The molecule has 4 heteroatoms. The number of hydrogen-bond acceptors (Lipinski definition) is 3. The summed E-state index contributed by atoms with van der Waals surface area (Å²) in [5.41, 5.74) is 4.46. The largest absolute Gasteiger partial charge is 0.435 e. The SMILES string of the molecule is c1ccc2c(c1)ccc1cc(-c3nc4ccccc4o3)nn12. The van der Waals surface area contributed by atoms with Crippen molar-refractivity contribution in [1.82, 2.24) is 14.6 Å². The summed E-state index contributed by atoms with van der Waals surface area (Å²) < 4.78 is 7.74. The number of fused-ring (bicyclic) bond motifs is 4. The zero-order valence-electron chi connectivity index (χ0n) is 11.6. The minimum atomic E-state index is 0.550. The molecule has 0 bridgehead atoms. The quantitative estimate of drug-likeness (QED) is 0.461. The van der Waals surface area contributed by atoms with Gasteiger partial charge in [0.1, 0.15) is 11.2 Å². The lowest BCUT2D eigenvalue weighted by Crippen LogP contribution is -1.89. The van der Waals surface area contributed by atoms with Crippen LogP contribution >= 0.6 is 0 Å². The van der Waals surface area contributed by atoms with Gasteiger partial charge in [-0.15, -0.1) is 0 Å². The average molecular weight is 285 g/mol. The number of nitrogens with zero attached hydrogens (tertiary/aromatic N) is 3. The van der Waals surface area contributed by atoms with Crippen LogP contribution in [0.3, 0.4) is 0 Å². The van der Waals surface area contributed by atoms with Crippen LogP contribution in [0.2, 0.25) is 0 Å². The Kier molecular flexibility index (Phi) is 2.19. The molecule has 0 aliphatic carbocycles. The van der Waals surface area contributed by atoms with Gasteiger partial charge in [0.15, 0.2) is 5.58 Å². The van der Waals surface area contributed by atoms with E-state index >= 15 is 0 Å². The second-order valence-electron chi connectivity index (χ2n) is 5.25. The van der Waals surface area contributed by atoms with Gasteiger partial charge in [-0.2, -0.15) is 5.10 Å². The maximum atomic E-state index is 5.81. The van der Waals surface area contributed by atoms with E-state index in [9.17, 15) is 0 Å². The molecule has 4 nitrogen and oxygen atoms in total. The number of rotatable bonds is 1. The standard InChI is InChI=1S/C18H11N3O/c1-3-7-16-12(5-1)9-10-13-11-15(20-21(13)16)18-19-14-6-2-4-8-17(14)22-18/h1-11H. The van der Waals surface area contributed by atoms with Crippen molar-refractivity contribution in [2.45, 2.75) is 0 Å². The molecule has 0 atom stereocenters. The fraction of sp³-hybridized carbons (Fsp3) is 0. The first-order valence-corrected chi connectivity index (χ1v) is 7.12. The summed E-state index contributed by atoms with van der Waals surface area (Å²) in [4.78, 5) is 4.52. The summed E-state index contributed by atoms with van der Waals surface area (Å²) >= 11 is 0. The van der Waals surface area contributed by atoms with Crippen LogP contribution in [0.1, 0.15) is 0 Å². The molecule has 3 heterocycles. The molecule has 22 heavy (non-hydrogen) atoms. The van der Waals surface area contributed by atoms with Crippen molar-refractivity contribution in [3.05, 3.63) is 66.7 Å². The van der Waals surface area contributed by atoms with Crippen molar-refractivity contribution in [3.63, 3.8) is 0 Å². The predicted molar refractivity (Wildman–Crippen MR) is 85.7 cm³/mol. The molecule has 0 saturated carbocycles. The van der Waals surface area contributed by atoms with E-state index in [0.717, 1.165) is 33.2 Å². The van der Waals surface area contributed by atoms with Crippen LogP contribution in [0.25, 0.3) is 39.1 Å². The van der Waals surface area contributed by atoms with Gasteiger partial charge < -0.3 is 4.42 Å². The van der Waals surface area contributed by atoms with E-state index < -0.39 is 0 Å². The maximum absolute atomic E-state index is 5.81. The Morgan fingerprint density at radius 2 is 1.73 bits per heavy atom. The zero-order chi connectivity index (χ0) is 14.5. The van der Waals surface area contributed by atoms with E-state index in [-0.39, 0.29) is 0 Å². The van der Waals surface area contributed by atoms with E-state index in [0.29, 0.717) is 5.89 Å². The molecular formula is C18H11N3O. The normalized spacial score (nSPS) is 11.6. The Labute approximate surface area is 125 Å². The van der Waals surface area contributed by atoms with Gasteiger partial charge >= 0.3 is 0 Å². The smallest absolute Gasteiger partial charge is 0.248 e. The van der Waals surface area contributed by atoms with Gasteiger partial charge in [-0.1, -0.05) is 36.4 Å². The maximum Gasteiger partial charge on any atom is 0.248 e. The van der Waals surface area contributed by atoms with Crippen molar-refractivity contribution in [2.75, 3.05) is 0 Å². The Balaban J connectivity index is 1.79. The summed E-state index contributed by atoms with van der Waals surface area (Å²) in [6, 6.07) is 22.1. The Morgan fingerprint density at radius 3 is 2.68 bits per heavy atom. The van der Waals surface area contributed by atoms with Crippen LogP contribution in [0.4, 0.5) is 0 Å². The molecular weight excluding hydrogens is 274 g/mol. The van der Waals surface area contributed by atoms with Crippen molar-refractivity contribution in [3.8, 4) is 11.6 Å². The molecule has 0 amide bonds. The molecule has 2 aromatic carbocycles. The number of para-hydroxylation sites is 3. The third-order valence-electron chi connectivity index (χ3n) is 3.85. The fourth-order valence-electron chi connectivity index (χ4n) is 2.79. The first-order chi connectivity index (χ1) is 10.9. The first kappa shape index (κ1) is 11.5. The monoisotopic (exact) mass is 285 g/mol. The Bertz CT molecular complexity index is 1100. The lowest BCUT2D eigenvalue weighted by molar-refractivity contribution is 0.616. The number of pyridine rings is 1. The highest BCUT2D eigenvalue weighted by atomic mass is 16.3. The van der Waals surface area contributed by atoms with Crippen LogP contribution in [0, 0.1) is 0 Å². The van der Waals surface area contributed by atoms with Crippen molar-refractivity contribution in [1.29, 1.82) is 0 Å². The van der Waals surface area contributed by atoms with E-state index in [1.165, 1.54) is 0 Å². The third kappa shape index (κ3) is 1.58. The van der Waals surface area contributed by atoms with Crippen LogP contribution in [-0.2, 0) is 0 Å². The van der Waals surface area contributed by atoms with Crippen molar-refractivity contribution < 1.29 is 4.42 Å². The Hall–Kier alpha value is -3.14. The van der Waals surface area contributed by atoms with Crippen LogP contribution in [0.15, 0.2) is 71.1 Å². The van der Waals surface area contributed by atoms with Crippen LogP contribution in [-0.4, -0.2) is 14.6 Å². The van der Waals surface area contributed by atoms with Gasteiger partial charge in [-0.25, -0.2) is 9.50 Å². The molecule has 0 aliphatic heterocycles. The molecule has 0 saturated heterocycles. The molecule has 3 aromatic heterocycles. The minimum absolute atomic E-state index is 0.550. The van der Waals surface area contributed by atoms with E-state index in [4.69, 9.17) is 4.42 Å². The number of benzene rings is 2. The van der Waals surface area contributed by atoms with Gasteiger partial charge in [-0.3, -0.25) is 0 Å². The molecule has 0 spiro atoms. The van der Waals surface area contributed by atoms with Crippen molar-refractivity contribution in [2.24, 2.45) is 0 Å². The molecule has 0 aliphatic rings. The first-order valence-electron chi connectivity index (χ1n) is 7.12. The summed E-state index contributed by atoms with van der Waals surface area (Å²) in [6.45, 7) is 0. The van der Waals surface area contributed by atoms with E-state index in [1.807, 2.05) is 47.0 Å². The van der Waals surface area contributed by atoms with Crippen LogP contribution < -0.4 is 0 Å². The second kappa shape index (κ2) is 4.18. The summed E-state index contributed by atoms with van der Waals surface area (Å²) in [6.07, 6.45) is 0. The van der Waals surface area contributed by atoms with Gasteiger partial charge in [0.05, 0.1) is 11.0 Å². The van der Waals surface area contributed by atoms with Gasteiger partial charge in [0.2, 0.25) is 5.89 Å². The van der Waals surface area contributed by atoms with Gasteiger partial charge in [-0.05, 0) is 30.3 Å². The zero-order valence-corrected chi connectivity index (χ0v) is 11.6.